The second kappa shape index (κ2) is 7.89. The fourth-order valence-electron chi connectivity index (χ4n) is 2.12. The fraction of sp³-hybridized carbons (Fsp3) is 0.176. The Kier molecular flexibility index (Phi) is 5.90. The van der Waals surface area contributed by atoms with Gasteiger partial charge in [0.15, 0.2) is 10.2 Å². The number of hydrogen-bond donors (Lipinski definition) is 4. The van der Waals surface area contributed by atoms with Crippen molar-refractivity contribution in [3.05, 3.63) is 59.2 Å². The number of hydrogen-bond acceptors (Lipinski definition) is 2. The molecule has 2 rings (SSSR count). The molecule has 0 spiro atoms. The summed E-state index contributed by atoms with van der Waals surface area (Å²) in [6.07, 6.45) is 0. The molecule has 0 aliphatic carbocycles. The van der Waals surface area contributed by atoms with E-state index in [1.807, 2.05) is 57.2 Å². The Morgan fingerprint density at radius 2 is 1.13 bits per heavy atom. The number of aryl methyl sites for hydroxylation is 3. The molecule has 0 aliphatic rings. The van der Waals surface area contributed by atoms with Gasteiger partial charge >= 0.3 is 0 Å². The molecule has 23 heavy (non-hydrogen) atoms. The average molecular weight is 345 g/mol. The van der Waals surface area contributed by atoms with Gasteiger partial charge in [-0.1, -0.05) is 23.8 Å². The SMILES string of the molecule is Cc1ccc(NC(=S)NNC(=S)Nc2cc(C)cc(C)c2)cc1. The Balaban J connectivity index is 1.81. The Labute approximate surface area is 147 Å². The van der Waals surface area contributed by atoms with E-state index in [1.165, 1.54) is 16.7 Å². The third kappa shape index (κ3) is 5.84. The van der Waals surface area contributed by atoms with Crippen LogP contribution >= 0.6 is 24.4 Å². The van der Waals surface area contributed by atoms with Crippen molar-refractivity contribution in [3.63, 3.8) is 0 Å². The number of benzene rings is 2. The van der Waals surface area contributed by atoms with Crippen LogP contribution in [0.5, 0.6) is 0 Å². The van der Waals surface area contributed by atoms with Crippen LogP contribution in [0.25, 0.3) is 0 Å². The molecule has 0 saturated heterocycles. The van der Waals surface area contributed by atoms with Gasteiger partial charge < -0.3 is 10.6 Å². The van der Waals surface area contributed by atoms with Crippen LogP contribution in [0.1, 0.15) is 16.7 Å². The summed E-state index contributed by atoms with van der Waals surface area (Å²) in [5, 5.41) is 7.09. The predicted octanol–water partition coefficient (Wildman–Crippen LogP) is 3.80. The van der Waals surface area contributed by atoms with Crippen LogP contribution in [0.2, 0.25) is 0 Å². The maximum Gasteiger partial charge on any atom is 0.189 e. The highest BCUT2D eigenvalue weighted by Crippen LogP contribution is 2.13. The summed E-state index contributed by atoms with van der Waals surface area (Å²) in [4.78, 5) is 0. The number of hydrazine groups is 1. The summed E-state index contributed by atoms with van der Waals surface area (Å²) in [7, 11) is 0. The van der Waals surface area contributed by atoms with Gasteiger partial charge in [-0.15, -0.1) is 0 Å². The molecular formula is C17H20N4S2. The minimum atomic E-state index is 0.443. The van der Waals surface area contributed by atoms with E-state index < -0.39 is 0 Å². The molecule has 4 N–H and O–H groups in total. The van der Waals surface area contributed by atoms with E-state index in [9.17, 15) is 0 Å². The molecule has 4 nitrogen and oxygen atoms in total. The van der Waals surface area contributed by atoms with Gasteiger partial charge in [0.1, 0.15) is 0 Å². The third-order valence-electron chi connectivity index (χ3n) is 3.08. The highest BCUT2D eigenvalue weighted by molar-refractivity contribution is 7.81. The van der Waals surface area contributed by atoms with E-state index in [0.29, 0.717) is 10.2 Å². The second-order valence-corrected chi connectivity index (χ2v) is 6.22. The van der Waals surface area contributed by atoms with Crippen LogP contribution in [-0.4, -0.2) is 10.2 Å². The van der Waals surface area contributed by atoms with Gasteiger partial charge in [-0.3, -0.25) is 10.9 Å². The molecule has 0 unspecified atom stereocenters. The van der Waals surface area contributed by atoms with Gasteiger partial charge in [0.25, 0.3) is 0 Å². The van der Waals surface area contributed by atoms with Crippen molar-refractivity contribution in [2.45, 2.75) is 20.8 Å². The van der Waals surface area contributed by atoms with Crippen LogP contribution in [0, 0.1) is 20.8 Å². The molecule has 0 fully saturated rings. The lowest BCUT2D eigenvalue weighted by atomic mass is 10.1. The molecule has 0 aromatic heterocycles. The highest BCUT2D eigenvalue weighted by atomic mass is 32.1. The number of rotatable bonds is 2. The Bertz CT molecular complexity index is 691. The van der Waals surface area contributed by atoms with Gasteiger partial charge in [0.2, 0.25) is 0 Å². The van der Waals surface area contributed by atoms with Crippen LogP contribution in [0.4, 0.5) is 11.4 Å². The van der Waals surface area contributed by atoms with E-state index in [4.69, 9.17) is 24.4 Å². The Morgan fingerprint density at radius 1 is 0.652 bits per heavy atom. The van der Waals surface area contributed by atoms with Crippen molar-refractivity contribution < 1.29 is 0 Å². The third-order valence-corrected chi connectivity index (χ3v) is 3.49. The highest BCUT2D eigenvalue weighted by Gasteiger charge is 2.01. The van der Waals surface area contributed by atoms with Crippen LogP contribution in [0.15, 0.2) is 42.5 Å². The van der Waals surface area contributed by atoms with Crippen LogP contribution < -0.4 is 21.5 Å². The van der Waals surface area contributed by atoms with Crippen molar-refractivity contribution in [2.75, 3.05) is 10.6 Å². The fourth-order valence-corrected chi connectivity index (χ4v) is 2.46. The predicted molar refractivity (Wildman–Crippen MR) is 106 cm³/mol. The topological polar surface area (TPSA) is 48.1 Å². The first kappa shape index (κ1) is 17.2. The Hall–Kier alpha value is -2.18. The first-order chi connectivity index (χ1) is 10.9. The van der Waals surface area contributed by atoms with Gasteiger partial charge in [0.05, 0.1) is 0 Å². The quantitative estimate of drug-likeness (QED) is 0.491. The normalized spacial score (nSPS) is 9.87. The summed E-state index contributed by atoms with van der Waals surface area (Å²) in [5.74, 6) is 0. The first-order valence-electron chi connectivity index (χ1n) is 7.21. The molecule has 0 saturated carbocycles. The smallest absolute Gasteiger partial charge is 0.189 e. The molecule has 0 radical (unpaired) electrons. The van der Waals surface area contributed by atoms with Gasteiger partial charge in [-0.2, -0.15) is 0 Å². The van der Waals surface area contributed by atoms with Gasteiger partial charge in [0, 0.05) is 11.4 Å². The van der Waals surface area contributed by atoms with Crippen molar-refractivity contribution in [1.82, 2.24) is 10.9 Å². The molecule has 0 atom stereocenters. The molecule has 0 amide bonds. The largest absolute Gasteiger partial charge is 0.331 e. The van der Waals surface area contributed by atoms with Gasteiger partial charge in [-0.25, -0.2) is 0 Å². The van der Waals surface area contributed by atoms with E-state index in [2.05, 4.69) is 27.6 Å². The first-order valence-corrected chi connectivity index (χ1v) is 8.03. The zero-order valence-electron chi connectivity index (χ0n) is 13.4. The van der Waals surface area contributed by atoms with E-state index in [-0.39, 0.29) is 0 Å². The molecule has 0 bridgehead atoms. The number of thiocarbonyl (C=S) groups is 2. The number of anilines is 2. The minimum Gasteiger partial charge on any atom is -0.331 e. The molecule has 6 heteroatoms. The molecule has 120 valence electrons. The van der Waals surface area contributed by atoms with E-state index in [1.54, 1.807) is 0 Å². The van der Waals surface area contributed by atoms with E-state index in [0.717, 1.165) is 11.4 Å². The summed E-state index contributed by atoms with van der Waals surface area (Å²) in [6.45, 7) is 6.14. The maximum atomic E-state index is 5.25. The molecule has 0 aliphatic heterocycles. The summed E-state index contributed by atoms with van der Waals surface area (Å²) >= 11 is 10.5. The van der Waals surface area contributed by atoms with Crippen LogP contribution in [-0.2, 0) is 0 Å². The van der Waals surface area contributed by atoms with Gasteiger partial charge in [-0.05, 0) is 80.6 Å². The minimum absolute atomic E-state index is 0.443. The summed E-state index contributed by atoms with van der Waals surface area (Å²) < 4.78 is 0. The lowest BCUT2D eigenvalue weighted by Gasteiger charge is -2.15. The monoisotopic (exact) mass is 344 g/mol. The zero-order chi connectivity index (χ0) is 16.8. The Morgan fingerprint density at radius 3 is 1.65 bits per heavy atom. The summed E-state index contributed by atoms with van der Waals surface area (Å²) in [6, 6.07) is 14.1. The van der Waals surface area contributed by atoms with Crippen LogP contribution in [0.3, 0.4) is 0 Å². The van der Waals surface area contributed by atoms with Crippen molar-refractivity contribution in [3.8, 4) is 0 Å². The maximum absolute atomic E-state index is 5.25. The van der Waals surface area contributed by atoms with Crippen molar-refractivity contribution in [2.24, 2.45) is 0 Å². The summed E-state index contributed by atoms with van der Waals surface area (Å²) in [5.41, 5.74) is 11.2. The van der Waals surface area contributed by atoms with Crippen molar-refractivity contribution in [1.29, 1.82) is 0 Å². The standard InChI is InChI=1S/C17H20N4S2/c1-11-4-6-14(7-5-11)18-16(22)20-21-17(23)19-15-9-12(2)8-13(3)10-15/h4-10H,1-3H3,(H2,18,20,22)(H2,19,21,23). The molecule has 2 aromatic carbocycles. The second-order valence-electron chi connectivity index (χ2n) is 5.40. The molecular weight excluding hydrogens is 324 g/mol. The van der Waals surface area contributed by atoms with E-state index >= 15 is 0 Å². The number of nitrogens with one attached hydrogen (secondary N) is 4. The molecule has 0 heterocycles. The molecule has 2 aromatic rings. The van der Waals surface area contributed by atoms with Crippen molar-refractivity contribution >= 4 is 46.0 Å². The zero-order valence-corrected chi connectivity index (χ0v) is 15.0. The lowest BCUT2D eigenvalue weighted by molar-refractivity contribution is 0.885. The lowest BCUT2D eigenvalue weighted by Crippen LogP contribution is -2.45. The average Bonchev–Trinajstić information content (AvgIpc) is 2.46.